The van der Waals surface area contributed by atoms with Gasteiger partial charge in [0.1, 0.15) is 5.60 Å². The molecule has 0 aromatic carbocycles. The monoisotopic (exact) mass is 312 g/mol. The van der Waals surface area contributed by atoms with E-state index in [0.29, 0.717) is 12.0 Å². The molecule has 1 amide bonds. The van der Waals surface area contributed by atoms with Crippen LogP contribution >= 0.6 is 0 Å². The first-order valence-corrected chi connectivity index (χ1v) is 8.74. The molecule has 22 heavy (non-hydrogen) atoms. The molecule has 4 atom stereocenters. The maximum atomic E-state index is 11.8. The number of aliphatic hydroxyl groups excluding tert-OH is 1. The van der Waals surface area contributed by atoms with Crippen LogP contribution in [0.15, 0.2) is 0 Å². The number of carbonyl (C=O) groups is 1. The van der Waals surface area contributed by atoms with Crippen LogP contribution in [0.3, 0.4) is 0 Å². The van der Waals surface area contributed by atoms with Crippen LogP contribution in [0, 0.1) is 5.92 Å². The van der Waals surface area contributed by atoms with Crippen molar-refractivity contribution in [3.63, 3.8) is 0 Å². The highest BCUT2D eigenvalue weighted by molar-refractivity contribution is 5.68. The van der Waals surface area contributed by atoms with Crippen molar-refractivity contribution in [3.8, 4) is 0 Å². The highest BCUT2D eigenvalue weighted by atomic mass is 16.6. The van der Waals surface area contributed by atoms with Crippen LogP contribution in [0.5, 0.6) is 0 Å². The number of nitrogens with one attached hydrogen (secondary N) is 2. The Morgan fingerprint density at radius 2 is 1.82 bits per heavy atom. The van der Waals surface area contributed by atoms with Crippen molar-refractivity contribution in [1.82, 2.24) is 10.6 Å². The Morgan fingerprint density at radius 1 is 1.14 bits per heavy atom. The SMILES string of the molecule is CC(C)(C)OC(=O)NC1CCC(NCC2CCCCC2O)C1. The van der Waals surface area contributed by atoms with Gasteiger partial charge in [-0.3, -0.25) is 0 Å². The third-order valence-corrected chi connectivity index (χ3v) is 4.69. The van der Waals surface area contributed by atoms with Gasteiger partial charge >= 0.3 is 6.09 Å². The molecule has 0 heterocycles. The normalized spacial score (nSPS) is 32.7. The Kier molecular flexibility index (Phi) is 6.09. The average Bonchev–Trinajstić information content (AvgIpc) is 2.83. The summed E-state index contributed by atoms with van der Waals surface area (Å²) in [6, 6.07) is 0.637. The van der Waals surface area contributed by atoms with E-state index in [9.17, 15) is 9.90 Å². The molecule has 2 rings (SSSR count). The Morgan fingerprint density at radius 3 is 2.50 bits per heavy atom. The van der Waals surface area contributed by atoms with E-state index in [4.69, 9.17) is 4.74 Å². The summed E-state index contributed by atoms with van der Waals surface area (Å²) in [7, 11) is 0. The summed E-state index contributed by atoms with van der Waals surface area (Å²) < 4.78 is 5.30. The molecule has 2 aliphatic carbocycles. The number of hydrogen-bond donors (Lipinski definition) is 3. The summed E-state index contributed by atoms with van der Waals surface area (Å²) in [5.41, 5.74) is -0.447. The lowest BCUT2D eigenvalue weighted by Crippen LogP contribution is -2.40. The number of rotatable bonds is 4. The van der Waals surface area contributed by atoms with E-state index in [1.54, 1.807) is 0 Å². The van der Waals surface area contributed by atoms with Crippen LogP contribution in [-0.2, 0) is 4.74 Å². The van der Waals surface area contributed by atoms with Crippen LogP contribution in [0.4, 0.5) is 4.79 Å². The van der Waals surface area contributed by atoms with Crippen LogP contribution in [0.2, 0.25) is 0 Å². The van der Waals surface area contributed by atoms with E-state index in [0.717, 1.165) is 45.1 Å². The van der Waals surface area contributed by atoms with Gasteiger partial charge in [0.2, 0.25) is 0 Å². The molecular formula is C17H32N2O3. The van der Waals surface area contributed by atoms with Crippen molar-refractivity contribution in [1.29, 1.82) is 0 Å². The predicted molar refractivity (Wildman–Crippen MR) is 86.8 cm³/mol. The van der Waals surface area contributed by atoms with Crippen LogP contribution in [0.1, 0.15) is 65.7 Å². The van der Waals surface area contributed by atoms with E-state index in [1.807, 2.05) is 20.8 Å². The lowest BCUT2D eigenvalue weighted by atomic mass is 9.86. The number of ether oxygens (including phenoxy) is 1. The molecule has 5 nitrogen and oxygen atoms in total. The molecule has 2 saturated carbocycles. The van der Waals surface area contributed by atoms with Gasteiger partial charge in [-0.2, -0.15) is 0 Å². The molecule has 0 aromatic rings. The maximum Gasteiger partial charge on any atom is 0.407 e. The first kappa shape index (κ1) is 17.5. The topological polar surface area (TPSA) is 70.6 Å². The standard InChI is InChI=1S/C17H32N2O3/c1-17(2,3)22-16(21)19-14-9-8-13(10-14)18-11-12-6-4-5-7-15(12)20/h12-15,18,20H,4-11H2,1-3H3,(H,19,21). The quantitative estimate of drug-likeness (QED) is 0.746. The first-order chi connectivity index (χ1) is 10.3. The fourth-order valence-electron chi connectivity index (χ4n) is 3.52. The maximum absolute atomic E-state index is 11.8. The molecule has 0 spiro atoms. The third-order valence-electron chi connectivity index (χ3n) is 4.69. The molecule has 0 radical (unpaired) electrons. The number of aliphatic hydroxyl groups is 1. The molecule has 3 N–H and O–H groups in total. The summed E-state index contributed by atoms with van der Waals surface area (Å²) in [6.07, 6.45) is 7.01. The number of alkyl carbamates (subject to hydrolysis) is 1. The van der Waals surface area contributed by atoms with Crippen LogP contribution in [0.25, 0.3) is 0 Å². The minimum absolute atomic E-state index is 0.140. The molecule has 0 bridgehead atoms. The van der Waals surface area contributed by atoms with Gasteiger partial charge in [0.15, 0.2) is 0 Å². The van der Waals surface area contributed by atoms with E-state index >= 15 is 0 Å². The fourth-order valence-corrected chi connectivity index (χ4v) is 3.52. The van der Waals surface area contributed by atoms with Gasteiger partial charge < -0.3 is 20.5 Å². The second kappa shape index (κ2) is 7.64. The summed E-state index contributed by atoms with van der Waals surface area (Å²) in [4.78, 5) is 11.8. The number of amides is 1. The summed E-state index contributed by atoms with van der Waals surface area (Å²) >= 11 is 0. The second-order valence-corrected chi connectivity index (χ2v) is 7.87. The average molecular weight is 312 g/mol. The van der Waals surface area contributed by atoms with Gasteiger partial charge in [0.25, 0.3) is 0 Å². The molecule has 0 aromatic heterocycles. The zero-order chi connectivity index (χ0) is 16.2. The minimum atomic E-state index is -0.447. The molecule has 128 valence electrons. The van der Waals surface area contributed by atoms with Gasteiger partial charge in [-0.1, -0.05) is 12.8 Å². The largest absolute Gasteiger partial charge is 0.444 e. The van der Waals surface area contributed by atoms with E-state index in [-0.39, 0.29) is 18.2 Å². The zero-order valence-electron chi connectivity index (χ0n) is 14.2. The molecule has 5 heteroatoms. The smallest absolute Gasteiger partial charge is 0.407 e. The molecule has 0 saturated heterocycles. The fraction of sp³-hybridized carbons (Fsp3) is 0.941. The Labute approximate surface area is 134 Å². The Bertz CT molecular complexity index is 367. The first-order valence-electron chi connectivity index (χ1n) is 8.74. The van der Waals surface area contributed by atoms with Gasteiger partial charge in [-0.15, -0.1) is 0 Å². The van der Waals surface area contributed by atoms with Crippen LogP contribution in [-0.4, -0.2) is 41.5 Å². The Balaban J connectivity index is 1.66. The third kappa shape index (κ3) is 5.76. The van der Waals surface area contributed by atoms with Gasteiger partial charge in [-0.05, 0) is 58.8 Å². The van der Waals surface area contributed by atoms with E-state index in [2.05, 4.69) is 10.6 Å². The van der Waals surface area contributed by atoms with Crippen molar-refractivity contribution >= 4 is 6.09 Å². The van der Waals surface area contributed by atoms with Gasteiger partial charge in [0, 0.05) is 18.6 Å². The molecule has 0 aliphatic heterocycles. The van der Waals surface area contributed by atoms with Crippen molar-refractivity contribution in [2.75, 3.05) is 6.54 Å². The highest BCUT2D eigenvalue weighted by Gasteiger charge is 2.29. The molecule has 4 unspecified atom stereocenters. The Hall–Kier alpha value is -0.810. The van der Waals surface area contributed by atoms with Crippen molar-refractivity contribution in [2.24, 2.45) is 5.92 Å². The van der Waals surface area contributed by atoms with Crippen molar-refractivity contribution in [3.05, 3.63) is 0 Å². The van der Waals surface area contributed by atoms with Crippen LogP contribution < -0.4 is 10.6 Å². The lowest BCUT2D eigenvalue weighted by molar-refractivity contribution is 0.0505. The zero-order valence-corrected chi connectivity index (χ0v) is 14.2. The van der Waals surface area contributed by atoms with Crippen molar-refractivity contribution < 1.29 is 14.6 Å². The number of hydrogen-bond acceptors (Lipinski definition) is 4. The highest BCUT2D eigenvalue weighted by Crippen LogP contribution is 2.25. The van der Waals surface area contributed by atoms with E-state index < -0.39 is 5.60 Å². The minimum Gasteiger partial charge on any atom is -0.444 e. The second-order valence-electron chi connectivity index (χ2n) is 7.87. The summed E-state index contributed by atoms with van der Waals surface area (Å²) in [6.45, 7) is 6.52. The summed E-state index contributed by atoms with van der Waals surface area (Å²) in [5.74, 6) is 0.395. The molecule has 2 fully saturated rings. The van der Waals surface area contributed by atoms with Crippen molar-refractivity contribution in [2.45, 2.75) is 89.5 Å². The van der Waals surface area contributed by atoms with Gasteiger partial charge in [-0.25, -0.2) is 4.79 Å². The number of carbonyl (C=O) groups excluding carboxylic acids is 1. The predicted octanol–water partition coefficient (Wildman–Crippen LogP) is 2.57. The molecular weight excluding hydrogens is 280 g/mol. The lowest BCUT2D eigenvalue weighted by Gasteiger charge is -2.29. The summed E-state index contributed by atoms with van der Waals surface area (Å²) in [5, 5.41) is 16.6. The van der Waals surface area contributed by atoms with Gasteiger partial charge in [0.05, 0.1) is 6.10 Å². The van der Waals surface area contributed by atoms with E-state index in [1.165, 1.54) is 6.42 Å². The molecule has 2 aliphatic rings.